The number of carbonyl (C=O) groups is 2. The second-order valence-electron chi connectivity index (χ2n) is 10.6. The summed E-state index contributed by atoms with van der Waals surface area (Å²) in [6.45, 7) is 2.85. The minimum absolute atomic E-state index is 0.0221. The summed E-state index contributed by atoms with van der Waals surface area (Å²) in [6.07, 6.45) is -3.72. The smallest absolute Gasteiger partial charge is 0.406 e. The largest absolute Gasteiger partial charge is 0.573 e. The first-order chi connectivity index (χ1) is 20.4. The lowest BCUT2D eigenvalue weighted by atomic mass is 9.95. The number of nitrogens with zero attached hydrogens (tertiary/aromatic N) is 2. The molecule has 236 valence electrons. The molecule has 2 heterocycles. The van der Waals surface area contributed by atoms with E-state index < -0.39 is 26.9 Å². The molecule has 0 atom stereocenters. The van der Waals surface area contributed by atoms with Gasteiger partial charge in [0.25, 0.3) is 5.91 Å². The number of halogens is 3. The topological polar surface area (TPSA) is 138 Å². The Bertz CT molecular complexity index is 1360. The first kappa shape index (κ1) is 32.5. The van der Waals surface area contributed by atoms with Crippen LogP contribution < -0.4 is 20.4 Å². The van der Waals surface area contributed by atoms with Gasteiger partial charge < -0.3 is 24.6 Å². The van der Waals surface area contributed by atoms with Gasteiger partial charge in [-0.15, -0.1) is 13.2 Å². The molecule has 0 saturated carbocycles. The predicted octanol–water partition coefficient (Wildman–Crippen LogP) is 3.20. The van der Waals surface area contributed by atoms with Crippen LogP contribution in [0.2, 0.25) is 0 Å². The first-order valence-corrected chi connectivity index (χ1v) is 15.3. The number of hydrogen-bond donors (Lipinski definition) is 3. The van der Waals surface area contributed by atoms with E-state index in [0.29, 0.717) is 57.9 Å². The van der Waals surface area contributed by atoms with Crippen LogP contribution in [-0.4, -0.2) is 87.9 Å². The Morgan fingerprint density at radius 2 is 1.60 bits per heavy atom. The number of carbonyl (C=O) groups excluding carboxylic acids is 2. The third kappa shape index (κ3) is 7.58. The van der Waals surface area contributed by atoms with E-state index in [4.69, 9.17) is 4.74 Å². The van der Waals surface area contributed by atoms with Gasteiger partial charge in [0.2, 0.25) is 5.91 Å². The van der Waals surface area contributed by atoms with Crippen LogP contribution in [0.15, 0.2) is 53.4 Å². The van der Waals surface area contributed by atoms with Gasteiger partial charge in [-0.2, -0.15) is 0 Å². The summed E-state index contributed by atoms with van der Waals surface area (Å²) in [5, 5.41) is 12.1. The molecule has 2 aliphatic heterocycles. The van der Waals surface area contributed by atoms with Gasteiger partial charge in [-0.3, -0.25) is 14.8 Å². The van der Waals surface area contributed by atoms with E-state index in [2.05, 4.69) is 10.1 Å². The lowest BCUT2D eigenvalue weighted by Gasteiger charge is -2.39. The van der Waals surface area contributed by atoms with Crippen LogP contribution in [0, 0.1) is 5.92 Å². The Kier molecular flexibility index (Phi) is 10.2. The molecule has 2 aliphatic rings. The van der Waals surface area contributed by atoms with Gasteiger partial charge in [-0.25, -0.2) is 13.9 Å². The molecule has 0 bridgehead atoms. The fourth-order valence-electron chi connectivity index (χ4n) is 5.52. The summed E-state index contributed by atoms with van der Waals surface area (Å²) in [7, 11) is -2.58. The summed E-state index contributed by atoms with van der Waals surface area (Å²) < 4.78 is 71.6. The molecule has 4 rings (SSSR count). The summed E-state index contributed by atoms with van der Waals surface area (Å²) in [4.78, 5) is 29.5. The van der Waals surface area contributed by atoms with Crippen molar-refractivity contribution in [2.75, 3.05) is 56.7 Å². The predicted molar refractivity (Wildman–Crippen MR) is 151 cm³/mol. The molecular weight excluding hydrogens is 593 g/mol. The van der Waals surface area contributed by atoms with Gasteiger partial charge in [0.1, 0.15) is 5.75 Å². The molecular formula is C28H35F3N4O7S. The van der Waals surface area contributed by atoms with Gasteiger partial charge in [0, 0.05) is 57.1 Å². The number of sulfone groups is 1. The third-order valence-corrected chi connectivity index (χ3v) is 10.6. The van der Waals surface area contributed by atoms with Crippen LogP contribution >= 0.6 is 0 Å². The number of ether oxygens (including phenoxy) is 2. The van der Waals surface area contributed by atoms with E-state index in [1.165, 1.54) is 24.3 Å². The molecule has 0 unspecified atom stereocenters. The summed E-state index contributed by atoms with van der Waals surface area (Å²) >= 11 is 0. The normalized spacial score (nSPS) is 18.2. The minimum atomic E-state index is -4.80. The highest BCUT2D eigenvalue weighted by atomic mass is 32.2. The van der Waals surface area contributed by atoms with E-state index in [9.17, 15) is 36.4 Å². The maximum atomic E-state index is 13.7. The summed E-state index contributed by atoms with van der Waals surface area (Å²) in [6, 6.07) is 11.2. The quantitative estimate of drug-likeness (QED) is 0.268. The Hall–Kier alpha value is -3.40. The molecule has 43 heavy (non-hydrogen) atoms. The van der Waals surface area contributed by atoms with E-state index in [1.54, 1.807) is 24.7 Å². The highest BCUT2D eigenvalue weighted by Crippen LogP contribution is 2.37. The molecule has 3 N–H and O–H groups in total. The minimum Gasteiger partial charge on any atom is -0.406 e. The molecule has 0 aromatic heterocycles. The number of methoxy groups -OCH3 is 1. The summed E-state index contributed by atoms with van der Waals surface area (Å²) in [5.74, 6) is -1.89. The second-order valence-corrected chi connectivity index (χ2v) is 12.8. The van der Waals surface area contributed by atoms with Gasteiger partial charge in [-0.05, 0) is 74.2 Å². The average molecular weight is 629 g/mol. The Morgan fingerprint density at radius 3 is 2.14 bits per heavy atom. The molecule has 15 heteroatoms. The number of likely N-dealkylation sites (tertiary alicyclic amines) is 1. The second kappa shape index (κ2) is 13.5. The van der Waals surface area contributed by atoms with Gasteiger partial charge in [0.15, 0.2) is 14.6 Å². The van der Waals surface area contributed by atoms with Crippen molar-refractivity contribution in [3.63, 3.8) is 0 Å². The highest BCUT2D eigenvalue weighted by Gasteiger charge is 2.52. The molecule has 11 nitrogen and oxygen atoms in total. The number of anilines is 2. The molecule has 2 amide bonds. The fraction of sp³-hybridized carbons (Fsp3) is 0.500. The molecule has 2 saturated heterocycles. The number of alkyl halides is 3. The number of hydrogen-bond acceptors (Lipinski definition) is 9. The monoisotopic (exact) mass is 628 g/mol. The van der Waals surface area contributed by atoms with Crippen LogP contribution in [0.1, 0.15) is 25.7 Å². The Labute approximate surface area is 247 Å². The number of nitrogens with one attached hydrogen (secondary N) is 2. The van der Waals surface area contributed by atoms with Crippen molar-refractivity contribution in [2.45, 2.75) is 41.7 Å². The van der Waals surface area contributed by atoms with Crippen LogP contribution in [0.4, 0.5) is 24.5 Å². The van der Waals surface area contributed by atoms with Crippen molar-refractivity contribution >= 4 is 33.0 Å². The van der Waals surface area contributed by atoms with Gasteiger partial charge >= 0.3 is 6.36 Å². The average Bonchev–Trinajstić information content (AvgIpc) is 3.00. The Balaban J connectivity index is 1.35. The van der Waals surface area contributed by atoms with Crippen LogP contribution in [0.5, 0.6) is 5.75 Å². The highest BCUT2D eigenvalue weighted by molar-refractivity contribution is 7.93. The SMILES string of the molecule is COCCN1CCC(C(=O)NO)(S(=O)(=O)c2ccc(N3CCC(C(=O)Nc4ccc(OC(F)(F)F)cc4)CC3)cc2)CC1. The summed E-state index contributed by atoms with van der Waals surface area (Å²) in [5.41, 5.74) is 2.67. The number of amides is 2. The van der Waals surface area contributed by atoms with Crippen LogP contribution in [-0.2, 0) is 24.2 Å². The molecule has 2 fully saturated rings. The van der Waals surface area contributed by atoms with Crippen molar-refractivity contribution < 1.29 is 45.9 Å². The van der Waals surface area contributed by atoms with E-state index in [1.807, 2.05) is 9.80 Å². The molecule has 2 aromatic carbocycles. The lowest BCUT2D eigenvalue weighted by Crippen LogP contribution is -2.58. The van der Waals surface area contributed by atoms with Crippen molar-refractivity contribution in [1.29, 1.82) is 0 Å². The van der Waals surface area contributed by atoms with E-state index >= 15 is 0 Å². The number of benzene rings is 2. The fourth-order valence-corrected chi connectivity index (χ4v) is 7.48. The zero-order valence-electron chi connectivity index (χ0n) is 23.6. The zero-order chi connectivity index (χ0) is 31.3. The van der Waals surface area contributed by atoms with E-state index in [-0.39, 0.29) is 35.3 Å². The van der Waals surface area contributed by atoms with Crippen LogP contribution in [0.25, 0.3) is 0 Å². The standard InChI is InChI=1S/C28H35F3N4O7S/c1-41-19-18-34-16-12-27(13-17-34,26(37)33-38)43(39,40)24-8-4-22(5-9-24)35-14-10-20(11-15-35)25(36)32-21-2-6-23(7-3-21)42-28(29,30)31/h2-9,20,38H,10-19H2,1H3,(H,32,36)(H,33,37). The van der Waals surface area contributed by atoms with Crippen molar-refractivity contribution in [2.24, 2.45) is 5.92 Å². The molecule has 0 aliphatic carbocycles. The Morgan fingerprint density at radius 1 is 1.00 bits per heavy atom. The van der Waals surface area contributed by atoms with Gasteiger partial charge in [0.05, 0.1) is 11.5 Å². The molecule has 0 spiro atoms. The molecule has 2 aromatic rings. The maximum Gasteiger partial charge on any atom is 0.573 e. The van der Waals surface area contributed by atoms with Crippen LogP contribution in [0.3, 0.4) is 0 Å². The number of hydroxylamine groups is 1. The number of piperidine rings is 2. The van der Waals surface area contributed by atoms with Gasteiger partial charge in [-0.1, -0.05) is 0 Å². The maximum absolute atomic E-state index is 13.7. The first-order valence-electron chi connectivity index (χ1n) is 13.8. The van der Waals surface area contributed by atoms with Crippen molar-refractivity contribution in [3.8, 4) is 5.75 Å². The lowest BCUT2D eigenvalue weighted by molar-refractivity contribution is -0.274. The molecule has 0 radical (unpaired) electrons. The van der Waals surface area contributed by atoms with Crippen molar-refractivity contribution in [3.05, 3.63) is 48.5 Å². The zero-order valence-corrected chi connectivity index (χ0v) is 24.4. The third-order valence-electron chi connectivity index (χ3n) is 8.04. The van der Waals surface area contributed by atoms with Crippen molar-refractivity contribution in [1.82, 2.24) is 10.4 Å². The number of rotatable bonds is 10. The van der Waals surface area contributed by atoms with E-state index in [0.717, 1.165) is 17.8 Å².